The summed E-state index contributed by atoms with van der Waals surface area (Å²) in [5, 5.41) is 4.70. The zero-order valence-electron chi connectivity index (χ0n) is 16.6. The molecule has 0 spiro atoms. The number of unbranched alkanes of at least 4 members (excludes halogenated alkanes) is 3. The zero-order valence-corrected chi connectivity index (χ0v) is 16.6. The van der Waals surface area contributed by atoms with Crippen molar-refractivity contribution in [3.8, 4) is 5.75 Å². The van der Waals surface area contributed by atoms with Gasteiger partial charge in [-0.1, -0.05) is 94.8 Å². The molecule has 1 nitrogen and oxygen atoms in total. The van der Waals surface area contributed by atoms with Gasteiger partial charge in [-0.05, 0) is 39.6 Å². The second-order valence-corrected chi connectivity index (χ2v) is 7.56. The van der Waals surface area contributed by atoms with Crippen LogP contribution in [0.15, 0.2) is 54.6 Å². The molecule has 0 N–H and O–H groups in total. The van der Waals surface area contributed by atoms with Gasteiger partial charge in [-0.25, -0.2) is 4.39 Å². The van der Waals surface area contributed by atoms with Gasteiger partial charge in [-0.3, -0.25) is 0 Å². The lowest BCUT2D eigenvalue weighted by Crippen LogP contribution is -2.15. The fourth-order valence-corrected chi connectivity index (χ4v) is 3.87. The molecule has 2 heteroatoms. The Kier molecular flexibility index (Phi) is 7.09. The Morgan fingerprint density at radius 3 is 2.44 bits per heavy atom. The lowest BCUT2D eigenvalue weighted by Gasteiger charge is -2.19. The number of hydrogen-bond acceptors (Lipinski definition) is 1. The summed E-state index contributed by atoms with van der Waals surface area (Å²) in [5.74, 6) is 1.02. The summed E-state index contributed by atoms with van der Waals surface area (Å²) in [6, 6.07) is 18.4. The van der Waals surface area contributed by atoms with Gasteiger partial charge in [0.25, 0.3) is 0 Å². The van der Waals surface area contributed by atoms with E-state index in [1.54, 1.807) is 0 Å². The van der Waals surface area contributed by atoms with Crippen LogP contribution < -0.4 is 4.74 Å². The Morgan fingerprint density at radius 2 is 1.63 bits per heavy atom. The number of halogens is 1. The van der Waals surface area contributed by atoms with Crippen LogP contribution in [0.2, 0.25) is 0 Å². The molecule has 0 bridgehead atoms. The lowest BCUT2D eigenvalue weighted by molar-refractivity contribution is 0.0414. The van der Waals surface area contributed by atoms with Gasteiger partial charge in [-0.2, -0.15) is 0 Å². The first-order valence-electron chi connectivity index (χ1n) is 10.4. The van der Waals surface area contributed by atoms with E-state index in [4.69, 9.17) is 4.74 Å². The van der Waals surface area contributed by atoms with Crippen LogP contribution >= 0.6 is 0 Å². The standard InChI is InChI=1S/C25H31FO/c1-3-5-6-7-10-19(4-2)17-25(26)27-22-15-16-24-21(18-22)14-13-20-11-8-9-12-23(20)24/h8-9,11-16,18-19,25H,3-7,10,17H2,1-2H3. The van der Waals surface area contributed by atoms with Crippen molar-refractivity contribution in [2.75, 3.05) is 0 Å². The highest BCUT2D eigenvalue weighted by Crippen LogP contribution is 2.30. The monoisotopic (exact) mass is 366 g/mol. The number of benzene rings is 3. The normalized spacial score (nSPS) is 13.7. The number of ether oxygens (including phenoxy) is 1. The SMILES string of the molecule is CCCCCCC(CC)CC(F)Oc1ccc2c(ccc3ccccc32)c1. The molecule has 3 aromatic rings. The summed E-state index contributed by atoms with van der Waals surface area (Å²) in [5.41, 5.74) is 0. The Balaban J connectivity index is 1.64. The molecule has 0 aliphatic rings. The van der Waals surface area contributed by atoms with E-state index in [0.717, 1.165) is 18.2 Å². The van der Waals surface area contributed by atoms with E-state index in [-0.39, 0.29) is 0 Å². The summed E-state index contributed by atoms with van der Waals surface area (Å²) in [6.45, 7) is 4.37. The van der Waals surface area contributed by atoms with Crippen LogP contribution in [0.25, 0.3) is 21.5 Å². The minimum absolute atomic E-state index is 0.404. The zero-order chi connectivity index (χ0) is 19.1. The third-order valence-corrected chi connectivity index (χ3v) is 5.54. The maximum absolute atomic E-state index is 14.5. The molecular weight excluding hydrogens is 335 g/mol. The van der Waals surface area contributed by atoms with Crippen LogP contribution in [-0.2, 0) is 0 Å². The number of fused-ring (bicyclic) bond motifs is 3. The number of alkyl halides is 1. The van der Waals surface area contributed by atoms with E-state index in [1.165, 1.54) is 41.8 Å². The van der Waals surface area contributed by atoms with Crippen LogP contribution in [0.4, 0.5) is 4.39 Å². The van der Waals surface area contributed by atoms with Gasteiger partial charge in [0.1, 0.15) is 5.75 Å². The van der Waals surface area contributed by atoms with Gasteiger partial charge >= 0.3 is 0 Å². The van der Waals surface area contributed by atoms with Gasteiger partial charge in [0, 0.05) is 6.42 Å². The molecule has 3 rings (SSSR count). The molecule has 0 radical (unpaired) electrons. The highest BCUT2D eigenvalue weighted by Gasteiger charge is 2.16. The summed E-state index contributed by atoms with van der Waals surface area (Å²) >= 11 is 0. The highest BCUT2D eigenvalue weighted by atomic mass is 19.1. The van der Waals surface area contributed by atoms with E-state index in [0.29, 0.717) is 18.1 Å². The van der Waals surface area contributed by atoms with Crippen LogP contribution in [0.5, 0.6) is 5.75 Å². The quantitative estimate of drug-likeness (QED) is 0.260. The van der Waals surface area contributed by atoms with E-state index in [2.05, 4.69) is 44.2 Å². The van der Waals surface area contributed by atoms with E-state index in [9.17, 15) is 4.39 Å². The molecule has 0 saturated heterocycles. The van der Waals surface area contributed by atoms with Crippen molar-refractivity contribution in [2.45, 2.75) is 65.2 Å². The molecule has 144 valence electrons. The van der Waals surface area contributed by atoms with Gasteiger partial charge in [0.05, 0.1) is 0 Å². The lowest BCUT2D eigenvalue weighted by atomic mass is 9.95. The first-order valence-corrected chi connectivity index (χ1v) is 10.4. The van der Waals surface area contributed by atoms with Gasteiger partial charge in [-0.15, -0.1) is 0 Å². The number of rotatable bonds is 10. The van der Waals surface area contributed by atoms with E-state index in [1.807, 2.05) is 24.3 Å². The van der Waals surface area contributed by atoms with Crippen molar-refractivity contribution in [1.29, 1.82) is 0 Å². The Bertz CT molecular complexity index is 857. The Hall–Kier alpha value is -2.09. The summed E-state index contributed by atoms with van der Waals surface area (Å²) < 4.78 is 20.2. The van der Waals surface area contributed by atoms with Crippen molar-refractivity contribution >= 4 is 21.5 Å². The van der Waals surface area contributed by atoms with Crippen molar-refractivity contribution in [3.05, 3.63) is 54.6 Å². The van der Waals surface area contributed by atoms with Crippen molar-refractivity contribution in [2.24, 2.45) is 5.92 Å². The molecule has 0 aliphatic heterocycles. The average Bonchev–Trinajstić information content (AvgIpc) is 2.70. The molecule has 0 heterocycles. The predicted molar refractivity (Wildman–Crippen MR) is 114 cm³/mol. The van der Waals surface area contributed by atoms with Crippen LogP contribution in [0, 0.1) is 5.92 Å². The molecule has 0 aliphatic carbocycles. The molecule has 0 saturated carbocycles. The van der Waals surface area contributed by atoms with Crippen LogP contribution in [0.1, 0.15) is 58.8 Å². The van der Waals surface area contributed by atoms with Crippen LogP contribution in [0.3, 0.4) is 0 Å². The van der Waals surface area contributed by atoms with Crippen molar-refractivity contribution in [1.82, 2.24) is 0 Å². The van der Waals surface area contributed by atoms with Gasteiger partial charge < -0.3 is 4.74 Å². The molecule has 2 unspecified atom stereocenters. The first-order chi connectivity index (χ1) is 13.2. The van der Waals surface area contributed by atoms with E-state index < -0.39 is 6.36 Å². The molecule has 0 amide bonds. The molecule has 3 aromatic carbocycles. The molecule has 27 heavy (non-hydrogen) atoms. The highest BCUT2D eigenvalue weighted by molar-refractivity contribution is 6.07. The van der Waals surface area contributed by atoms with Crippen LogP contribution in [-0.4, -0.2) is 6.36 Å². The summed E-state index contributed by atoms with van der Waals surface area (Å²) in [6.07, 6.45) is 6.33. The topological polar surface area (TPSA) is 9.23 Å². The maximum Gasteiger partial charge on any atom is 0.238 e. The minimum atomic E-state index is -1.24. The maximum atomic E-state index is 14.5. The molecule has 0 fully saturated rings. The second kappa shape index (κ2) is 9.73. The van der Waals surface area contributed by atoms with E-state index >= 15 is 0 Å². The first kappa shape index (κ1) is 19.7. The van der Waals surface area contributed by atoms with Crippen molar-refractivity contribution < 1.29 is 9.13 Å². The fourth-order valence-electron chi connectivity index (χ4n) is 3.87. The second-order valence-electron chi connectivity index (χ2n) is 7.56. The third kappa shape index (κ3) is 5.22. The predicted octanol–water partition coefficient (Wildman–Crippen LogP) is 8.05. The minimum Gasteiger partial charge on any atom is -0.460 e. The van der Waals surface area contributed by atoms with Gasteiger partial charge in [0.15, 0.2) is 0 Å². The Labute approximate surface area is 162 Å². The molecule has 0 aromatic heterocycles. The largest absolute Gasteiger partial charge is 0.460 e. The summed E-state index contributed by atoms with van der Waals surface area (Å²) in [4.78, 5) is 0. The van der Waals surface area contributed by atoms with Gasteiger partial charge in [0.2, 0.25) is 6.36 Å². The third-order valence-electron chi connectivity index (χ3n) is 5.54. The smallest absolute Gasteiger partial charge is 0.238 e. The summed E-state index contributed by atoms with van der Waals surface area (Å²) in [7, 11) is 0. The fraction of sp³-hybridized carbons (Fsp3) is 0.440. The molecule has 2 atom stereocenters. The number of hydrogen-bond donors (Lipinski definition) is 0. The molecular formula is C25H31FO. The average molecular weight is 367 g/mol. The van der Waals surface area contributed by atoms with Crippen molar-refractivity contribution in [3.63, 3.8) is 0 Å². The Morgan fingerprint density at radius 1 is 0.852 bits per heavy atom.